The molecule has 0 aromatic heterocycles. The lowest BCUT2D eigenvalue weighted by atomic mass is 10.2. The molecule has 22 heavy (non-hydrogen) atoms. The standard InChI is InChI=1S/C17H16ClFN2O/c18-15-11-14(6-7-16(15)21-8-1-2-9-21)20-17(22)12-4-3-5-13(19)10-12/h3-7,10-11H,1-2,8-9H2,(H,20,22). The minimum Gasteiger partial charge on any atom is -0.370 e. The van der Waals surface area contributed by atoms with Crippen molar-refractivity contribution in [2.75, 3.05) is 23.3 Å². The van der Waals surface area contributed by atoms with E-state index >= 15 is 0 Å². The van der Waals surface area contributed by atoms with Crippen LogP contribution in [0.2, 0.25) is 5.02 Å². The smallest absolute Gasteiger partial charge is 0.255 e. The maximum absolute atomic E-state index is 13.1. The molecule has 0 unspecified atom stereocenters. The van der Waals surface area contributed by atoms with Gasteiger partial charge in [0.1, 0.15) is 5.82 Å². The van der Waals surface area contributed by atoms with Gasteiger partial charge in [0, 0.05) is 24.3 Å². The van der Waals surface area contributed by atoms with E-state index in [-0.39, 0.29) is 11.5 Å². The zero-order valence-electron chi connectivity index (χ0n) is 12.0. The highest BCUT2D eigenvalue weighted by Gasteiger charge is 2.16. The number of hydrogen-bond acceptors (Lipinski definition) is 2. The number of anilines is 2. The van der Waals surface area contributed by atoms with Gasteiger partial charge in [-0.2, -0.15) is 0 Å². The maximum atomic E-state index is 13.1. The van der Waals surface area contributed by atoms with Crippen LogP contribution in [-0.4, -0.2) is 19.0 Å². The zero-order chi connectivity index (χ0) is 15.5. The van der Waals surface area contributed by atoms with Gasteiger partial charge in [0.05, 0.1) is 10.7 Å². The zero-order valence-corrected chi connectivity index (χ0v) is 12.7. The minimum absolute atomic E-state index is 0.278. The Labute approximate surface area is 133 Å². The molecular formula is C17H16ClFN2O. The van der Waals surface area contributed by atoms with Crippen LogP contribution >= 0.6 is 11.6 Å². The van der Waals surface area contributed by atoms with Gasteiger partial charge in [0.25, 0.3) is 5.91 Å². The Balaban J connectivity index is 1.75. The summed E-state index contributed by atoms with van der Waals surface area (Å²) < 4.78 is 13.1. The fourth-order valence-corrected chi connectivity index (χ4v) is 2.93. The molecule has 3 nitrogen and oxygen atoms in total. The second-order valence-electron chi connectivity index (χ2n) is 5.32. The molecule has 1 amide bonds. The number of rotatable bonds is 3. The molecule has 1 fully saturated rings. The molecular weight excluding hydrogens is 303 g/mol. The molecule has 2 aromatic rings. The highest BCUT2D eigenvalue weighted by molar-refractivity contribution is 6.33. The van der Waals surface area contributed by atoms with Crippen LogP contribution in [0.5, 0.6) is 0 Å². The van der Waals surface area contributed by atoms with Crippen LogP contribution in [-0.2, 0) is 0 Å². The molecule has 0 atom stereocenters. The molecule has 1 saturated heterocycles. The van der Waals surface area contributed by atoms with Crippen LogP contribution in [0.15, 0.2) is 42.5 Å². The lowest BCUT2D eigenvalue weighted by Crippen LogP contribution is -2.18. The predicted octanol–water partition coefficient (Wildman–Crippen LogP) is 4.33. The van der Waals surface area contributed by atoms with Crippen molar-refractivity contribution in [1.29, 1.82) is 0 Å². The van der Waals surface area contributed by atoms with Gasteiger partial charge in [0.15, 0.2) is 0 Å². The van der Waals surface area contributed by atoms with Gasteiger partial charge in [-0.3, -0.25) is 4.79 Å². The van der Waals surface area contributed by atoms with Crippen molar-refractivity contribution < 1.29 is 9.18 Å². The summed E-state index contributed by atoms with van der Waals surface area (Å²) in [5.41, 5.74) is 1.87. The van der Waals surface area contributed by atoms with E-state index in [0.717, 1.165) is 18.8 Å². The summed E-state index contributed by atoms with van der Waals surface area (Å²) in [5.74, 6) is -0.792. The number of hydrogen-bond donors (Lipinski definition) is 1. The van der Waals surface area contributed by atoms with Gasteiger partial charge in [0.2, 0.25) is 0 Å². The molecule has 0 saturated carbocycles. The third-order valence-corrected chi connectivity index (χ3v) is 4.04. The average molecular weight is 319 g/mol. The SMILES string of the molecule is O=C(Nc1ccc(N2CCCC2)c(Cl)c1)c1cccc(F)c1. The summed E-state index contributed by atoms with van der Waals surface area (Å²) in [5, 5.41) is 3.35. The number of carbonyl (C=O) groups is 1. The Bertz CT molecular complexity index is 699. The lowest BCUT2D eigenvalue weighted by Gasteiger charge is -2.19. The molecule has 5 heteroatoms. The van der Waals surface area contributed by atoms with Gasteiger partial charge in [-0.05, 0) is 49.2 Å². The first-order chi connectivity index (χ1) is 10.6. The van der Waals surface area contributed by atoms with E-state index < -0.39 is 5.82 Å². The summed E-state index contributed by atoms with van der Waals surface area (Å²) in [6, 6.07) is 11.0. The van der Waals surface area contributed by atoms with E-state index in [1.165, 1.54) is 31.0 Å². The highest BCUT2D eigenvalue weighted by atomic mass is 35.5. The summed E-state index contributed by atoms with van der Waals surface area (Å²) >= 11 is 6.31. The van der Waals surface area contributed by atoms with E-state index in [1.54, 1.807) is 12.1 Å². The van der Waals surface area contributed by atoms with E-state index in [4.69, 9.17) is 11.6 Å². The second kappa shape index (κ2) is 6.36. The first kappa shape index (κ1) is 14.9. The van der Waals surface area contributed by atoms with Gasteiger partial charge in [-0.15, -0.1) is 0 Å². The van der Waals surface area contributed by atoms with Gasteiger partial charge < -0.3 is 10.2 Å². The van der Waals surface area contributed by atoms with Crippen LogP contribution in [0, 0.1) is 5.82 Å². The molecule has 3 rings (SSSR count). The molecule has 2 aromatic carbocycles. The van der Waals surface area contributed by atoms with E-state index in [2.05, 4.69) is 10.2 Å². The second-order valence-corrected chi connectivity index (χ2v) is 5.73. The van der Waals surface area contributed by atoms with Crippen LogP contribution in [0.3, 0.4) is 0 Å². The van der Waals surface area contributed by atoms with Crippen LogP contribution < -0.4 is 10.2 Å². The predicted molar refractivity (Wildman–Crippen MR) is 87.3 cm³/mol. The van der Waals surface area contributed by atoms with Gasteiger partial charge in [-0.25, -0.2) is 4.39 Å². The van der Waals surface area contributed by atoms with Crippen molar-refractivity contribution in [1.82, 2.24) is 0 Å². The maximum Gasteiger partial charge on any atom is 0.255 e. The number of nitrogens with zero attached hydrogens (tertiary/aromatic N) is 1. The highest BCUT2D eigenvalue weighted by Crippen LogP contribution is 2.31. The fraction of sp³-hybridized carbons (Fsp3) is 0.235. The average Bonchev–Trinajstić information content (AvgIpc) is 3.01. The largest absolute Gasteiger partial charge is 0.370 e. The molecule has 0 aliphatic carbocycles. The Morgan fingerprint density at radius 3 is 2.59 bits per heavy atom. The van der Waals surface area contributed by atoms with Crippen molar-refractivity contribution in [2.24, 2.45) is 0 Å². The number of amides is 1. The molecule has 1 heterocycles. The summed E-state index contributed by atoms with van der Waals surface area (Å²) in [6.07, 6.45) is 2.35. The van der Waals surface area contributed by atoms with E-state index in [1.807, 2.05) is 12.1 Å². The monoisotopic (exact) mass is 318 g/mol. The number of nitrogens with one attached hydrogen (secondary N) is 1. The normalized spacial score (nSPS) is 14.2. The van der Waals surface area contributed by atoms with Crippen LogP contribution in [0.1, 0.15) is 23.2 Å². The van der Waals surface area contributed by atoms with Crippen molar-refractivity contribution in [2.45, 2.75) is 12.8 Å². The molecule has 0 radical (unpaired) electrons. The topological polar surface area (TPSA) is 32.3 Å². The Morgan fingerprint density at radius 2 is 1.91 bits per heavy atom. The van der Waals surface area contributed by atoms with Crippen molar-refractivity contribution in [3.05, 3.63) is 58.9 Å². The molecule has 1 aliphatic heterocycles. The molecule has 0 spiro atoms. The molecule has 1 aliphatic rings. The van der Waals surface area contributed by atoms with Crippen molar-refractivity contribution >= 4 is 28.9 Å². The third-order valence-electron chi connectivity index (χ3n) is 3.74. The Morgan fingerprint density at radius 1 is 1.14 bits per heavy atom. The molecule has 1 N–H and O–H groups in total. The first-order valence-corrected chi connectivity index (χ1v) is 7.63. The first-order valence-electron chi connectivity index (χ1n) is 7.25. The molecule has 0 bridgehead atoms. The van der Waals surface area contributed by atoms with Crippen molar-refractivity contribution in [3.8, 4) is 0 Å². The van der Waals surface area contributed by atoms with Crippen LogP contribution in [0.4, 0.5) is 15.8 Å². The van der Waals surface area contributed by atoms with E-state index in [9.17, 15) is 9.18 Å². The number of halogens is 2. The third kappa shape index (κ3) is 3.22. The van der Waals surface area contributed by atoms with E-state index in [0.29, 0.717) is 10.7 Å². The number of benzene rings is 2. The van der Waals surface area contributed by atoms with Gasteiger partial charge in [-0.1, -0.05) is 17.7 Å². The fourth-order valence-electron chi connectivity index (χ4n) is 2.63. The van der Waals surface area contributed by atoms with Gasteiger partial charge >= 0.3 is 0 Å². The summed E-state index contributed by atoms with van der Waals surface area (Å²) in [7, 11) is 0. The summed E-state index contributed by atoms with van der Waals surface area (Å²) in [6.45, 7) is 2.02. The number of carbonyl (C=O) groups excluding carboxylic acids is 1. The van der Waals surface area contributed by atoms with Crippen molar-refractivity contribution in [3.63, 3.8) is 0 Å². The quantitative estimate of drug-likeness (QED) is 0.913. The summed E-state index contributed by atoms with van der Waals surface area (Å²) in [4.78, 5) is 14.3. The minimum atomic E-state index is -0.435. The Hall–Kier alpha value is -2.07. The Kier molecular flexibility index (Phi) is 4.29. The lowest BCUT2D eigenvalue weighted by molar-refractivity contribution is 0.102. The van der Waals surface area contributed by atoms with Crippen LogP contribution in [0.25, 0.3) is 0 Å². The molecule has 114 valence electrons.